The van der Waals surface area contributed by atoms with E-state index in [1.807, 2.05) is 31.2 Å². The first-order valence-electron chi connectivity index (χ1n) is 5.27. The first-order valence-corrected chi connectivity index (χ1v) is 5.27. The van der Waals surface area contributed by atoms with Crippen LogP contribution in [0.5, 0.6) is 5.75 Å². The number of nitrogen functional groups attached to an aromatic ring is 1. The van der Waals surface area contributed by atoms with Crippen molar-refractivity contribution in [1.29, 1.82) is 0 Å². The molecule has 3 nitrogen and oxygen atoms in total. The van der Waals surface area contributed by atoms with Gasteiger partial charge in [-0.05, 0) is 35.5 Å². The van der Waals surface area contributed by atoms with Crippen LogP contribution in [-0.4, -0.2) is 5.11 Å². The second-order valence-corrected chi connectivity index (χ2v) is 3.80. The number of hydrogen-bond donors (Lipinski definition) is 2. The average Bonchev–Trinajstić information content (AvgIpc) is 2.32. The number of aryl methyl sites for hydroxylation is 1. The first kappa shape index (κ1) is 11.0. The predicted octanol–water partition coefficient (Wildman–Crippen LogP) is 3.30. The van der Waals surface area contributed by atoms with Crippen LogP contribution in [0.4, 0.5) is 11.4 Å². The number of aromatic hydroxyl groups is 1. The molecule has 2 aromatic rings. The third kappa shape index (κ3) is 2.56. The summed E-state index contributed by atoms with van der Waals surface area (Å²) in [7, 11) is 0. The van der Waals surface area contributed by atoms with Gasteiger partial charge in [0.15, 0.2) is 0 Å². The molecule has 0 aliphatic heterocycles. The van der Waals surface area contributed by atoms with Gasteiger partial charge in [-0.3, -0.25) is 0 Å². The molecule has 0 heterocycles. The van der Waals surface area contributed by atoms with E-state index in [-0.39, 0.29) is 5.75 Å². The molecule has 0 aliphatic rings. The van der Waals surface area contributed by atoms with Crippen molar-refractivity contribution in [2.45, 2.75) is 6.92 Å². The second kappa shape index (κ2) is 4.58. The fraction of sp³-hybridized carbons (Fsp3) is 0.0714. The largest absolute Gasteiger partial charge is 0.506 e. The summed E-state index contributed by atoms with van der Waals surface area (Å²) in [6.45, 7) is 1.95. The molecule has 2 aromatic carbocycles. The van der Waals surface area contributed by atoms with Crippen LogP contribution in [0.2, 0.25) is 0 Å². The van der Waals surface area contributed by atoms with E-state index in [1.54, 1.807) is 18.2 Å². The number of phenolic OH excluding ortho intramolecular Hbond substituents is 1. The van der Waals surface area contributed by atoms with Gasteiger partial charge in [-0.1, -0.05) is 18.2 Å². The Morgan fingerprint density at radius 3 is 2.71 bits per heavy atom. The van der Waals surface area contributed by atoms with Crippen molar-refractivity contribution in [3.8, 4) is 11.8 Å². The molecule has 0 bridgehead atoms. The van der Waals surface area contributed by atoms with E-state index < -0.39 is 0 Å². The lowest BCUT2D eigenvalue weighted by atomic mass is 10.1. The molecule has 84 valence electrons. The molecule has 0 amide bonds. The zero-order valence-electron chi connectivity index (χ0n) is 9.51. The van der Waals surface area contributed by atoms with Gasteiger partial charge >= 0.3 is 11.8 Å². The highest BCUT2D eigenvalue weighted by atomic mass is 16.3. The Bertz CT molecular complexity index is 609. The van der Waals surface area contributed by atoms with Crippen molar-refractivity contribution in [1.82, 2.24) is 0 Å². The lowest BCUT2D eigenvalue weighted by Gasteiger charge is -1.93. The fourth-order valence-electron chi connectivity index (χ4n) is 1.45. The molecule has 3 heteroatoms. The van der Waals surface area contributed by atoms with E-state index in [2.05, 4.69) is 10.9 Å². The number of benzene rings is 2. The average molecular weight is 225 g/mol. The summed E-state index contributed by atoms with van der Waals surface area (Å²) < 4.78 is 0. The van der Waals surface area contributed by atoms with Crippen molar-refractivity contribution in [2.24, 2.45) is 0 Å². The van der Waals surface area contributed by atoms with Crippen LogP contribution in [0.25, 0.3) is 4.85 Å². The fourth-order valence-corrected chi connectivity index (χ4v) is 1.45. The van der Waals surface area contributed by atoms with Crippen LogP contribution in [0, 0.1) is 13.0 Å². The van der Waals surface area contributed by atoms with Gasteiger partial charge in [-0.2, -0.15) is 0 Å². The molecule has 0 saturated heterocycles. The van der Waals surface area contributed by atoms with Crippen LogP contribution in [0.1, 0.15) is 11.1 Å². The summed E-state index contributed by atoms with van der Waals surface area (Å²) in [5.41, 5.74) is 8.60. The van der Waals surface area contributed by atoms with E-state index in [9.17, 15) is 5.11 Å². The molecule has 0 spiro atoms. The van der Waals surface area contributed by atoms with Gasteiger partial charge in [0.1, 0.15) is 17.0 Å². The number of anilines is 1. The van der Waals surface area contributed by atoms with Gasteiger partial charge in [-0.25, -0.2) is 0 Å². The Kier molecular flexibility index (Phi) is 2.97. The van der Waals surface area contributed by atoms with Crippen molar-refractivity contribution in [3.63, 3.8) is 0 Å². The van der Waals surface area contributed by atoms with Gasteiger partial charge < -0.3 is 10.8 Å². The zero-order chi connectivity index (χ0) is 12.3. The molecular formula is C14H13N2O+. The topological polar surface area (TPSA) is 50.6 Å². The quantitative estimate of drug-likeness (QED) is 0.676. The Labute approximate surface area is 100.0 Å². The minimum atomic E-state index is 0.161. The van der Waals surface area contributed by atoms with Gasteiger partial charge in [0, 0.05) is 6.07 Å². The predicted molar refractivity (Wildman–Crippen MR) is 69.7 cm³/mol. The van der Waals surface area contributed by atoms with Gasteiger partial charge in [0.25, 0.3) is 0 Å². The smallest absolute Gasteiger partial charge is 0.363 e. The monoisotopic (exact) mass is 225 g/mol. The lowest BCUT2D eigenvalue weighted by Crippen LogP contribution is -1.82. The maximum atomic E-state index is 9.63. The molecule has 0 atom stereocenters. The molecule has 17 heavy (non-hydrogen) atoms. The van der Waals surface area contributed by atoms with Gasteiger partial charge in [0.05, 0.1) is 0 Å². The standard InChI is InChI=1S/C14H12N2O/c1-10-6-7-14(17)11(8-10)9-16-13-5-3-2-4-12(13)15/h2-8H,15H2,1H3/p+1. The Morgan fingerprint density at radius 1 is 1.18 bits per heavy atom. The Balaban J connectivity index is 2.40. The normalized spacial score (nSPS) is 9.47. The summed E-state index contributed by atoms with van der Waals surface area (Å²) in [6.07, 6.45) is 0. The van der Waals surface area contributed by atoms with E-state index in [1.165, 1.54) is 0 Å². The third-order valence-corrected chi connectivity index (χ3v) is 2.39. The summed E-state index contributed by atoms with van der Waals surface area (Å²) in [5, 5.41) is 9.63. The zero-order valence-corrected chi connectivity index (χ0v) is 9.51. The molecule has 0 radical (unpaired) electrons. The molecule has 0 aromatic heterocycles. The molecule has 3 N–H and O–H groups in total. The lowest BCUT2D eigenvalue weighted by molar-refractivity contribution is 0.473. The number of para-hydroxylation sites is 2. The number of hydrogen-bond acceptors (Lipinski definition) is 2. The maximum Gasteiger partial charge on any atom is 0.363 e. The van der Waals surface area contributed by atoms with Crippen molar-refractivity contribution >= 4 is 11.4 Å². The minimum Gasteiger partial charge on any atom is -0.506 e. The Morgan fingerprint density at radius 2 is 1.94 bits per heavy atom. The van der Waals surface area contributed by atoms with Crippen LogP contribution in [0.3, 0.4) is 0 Å². The van der Waals surface area contributed by atoms with Crippen LogP contribution in [0.15, 0.2) is 42.5 Å². The molecule has 2 rings (SSSR count). The molecular weight excluding hydrogens is 212 g/mol. The summed E-state index contributed by atoms with van der Waals surface area (Å²) in [4.78, 5) is 4.14. The van der Waals surface area contributed by atoms with Crippen molar-refractivity contribution in [3.05, 3.63) is 58.4 Å². The minimum absolute atomic E-state index is 0.161. The Hall–Kier alpha value is -2.47. The highest BCUT2D eigenvalue weighted by molar-refractivity contribution is 5.68. The van der Waals surface area contributed by atoms with E-state index in [0.717, 1.165) is 5.56 Å². The van der Waals surface area contributed by atoms with Gasteiger partial charge in [-0.15, -0.1) is 0 Å². The van der Waals surface area contributed by atoms with Crippen LogP contribution >= 0.6 is 0 Å². The molecule has 0 saturated carbocycles. The number of rotatable bonds is 0. The highest BCUT2D eigenvalue weighted by Crippen LogP contribution is 2.22. The van der Waals surface area contributed by atoms with E-state index in [0.29, 0.717) is 16.9 Å². The van der Waals surface area contributed by atoms with E-state index >= 15 is 0 Å². The number of nitrogens with two attached hydrogens (primary N) is 1. The SMILES string of the molecule is Cc1ccc(O)c(C#[N+]c2ccccc2N)c1. The summed E-state index contributed by atoms with van der Waals surface area (Å²) >= 11 is 0. The molecule has 0 aliphatic carbocycles. The summed E-state index contributed by atoms with van der Waals surface area (Å²) in [6, 6.07) is 15.4. The van der Waals surface area contributed by atoms with Crippen LogP contribution < -0.4 is 5.73 Å². The second-order valence-electron chi connectivity index (χ2n) is 3.80. The molecule has 0 unspecified atom stereocenters. The highest BCUT2D eigenvalue weighted by Gasteiger charge is 2.08. The number of phenols is 1. The maximum absolute atomic E-state index is 9.63. The van der Waals surface area contributed by atoms with Crippen molar-refractivity contribution in [2.75, 3.05) is 5.73 Å². The van der Waals surface area contributed by atoms with Gasteiger partial charge in [0.2, 0.25) is 0 Å². The van der Waals surface area contributed by atoms with Crippen LogP contribution in [-0.2, 0) is 0 Å². The van der Waals surface area contributed by atoms with E-state index in [4.69, 9.17) is 5.73 Å². The number of nitrogens with zero attached hydrogens (tertiary/aromatic N) is 1. The van der Waals surface area contributed by atoms with Crippen molar-refractivity contribution < 1.29 is 5.11 Å². The summed E-state index contributed by atoms with van der Waals surface area (Å²) in [5.74, 6) is 0.161. The first-order chi connectivity index (χ1) is 8.16. The molecule has 0 fully saturated rings. The third-order valence-electron chi connectivity index (χ3n) is 2.39.